The number of hydrogen-bond donors (Lipinski definition) is 0. The number of sulfonamides is 1. The quantitative estimate of drug-likeness (QED) is 0.663. The van der Waals surface area contributed by atoms with E-state index in [-0.39, 0.29) is 28.2 Å². The summed E-state index contributed by atoms with van der Waals surface area (Å²) < 4.78 is 63.3. The average Bonchev–Trinajstić information content (AvgIpc) is 2.37. The summed E-state index contributed by atoms with van der Waals surface area (Å²) in [6.45, 7) is -0.108. The van der Waals surface area contributed by atoms with Crippen LogP contribution in [0.5, 0.6) is 0 Å². The molecule has 0 saturated heterocycles. The molecule has 0 N–H and O–H groups in total. The van der Waals surface area contributed by atoms with E-state index in [2.05, 4.69) is 15.9 Å². The van der Waals surface area contributed by atoms with Gasteiger partial charge in [0, 0.05) is 16.9 Å². The maximum Gasteiger partial charge on any atom is 0.402 e. The first-order valence-corrected chi connectivity index (χ1v) is 8.80. The van der Waals surface area contributed by atoms with Crippen molar-refractivity contribution in [3.8, 4) is 0 Å². The Balaban J connectivity index is 3.28. The van der Waals surface area contributed by atoms with Crippen molar-refractivity contribution in [1.82, 2.24) is 4.31 Å². The predicted molar refractivity (Wildman–Crippen MR) is 78.8 cm³/mol. The van der Waals surface area contributed by atoms with Crippen LogP contribution in [0.3, 0.4) is 0 Å². The van der Waals surface area contributed by atoms with E-state index in [1.165, 1.54) is 12.1 Å². The van der Waals surface area contributed by atoms with Gasteiger partial charge >= 0.3 is 6.18 Å². The van der Waals surface area contributed by atoms with E-state index in [0.29, 0.717) is 9.87 Å². The summed E-state index contributed by atoms with van der Waals surface area (Å²) in [5.74, 6) is 0.0723. The van der Waals surface area contributed by atoms with Crippen LogP contribution in [-0.4, -0.2) is 32.0 Å². The van der Waals surface area contributed by atoms with Gasteiger partial charge in [-0.15, -0.1) is 11.6 Å². The number of hydrogen-bond acceptors (Lipinski definition) is 2. The van der Waals surface area contributed by atoms with Crippen LogP contribution in [0.25, 0.3) is 0 Å². The lowest BCUT2D eigenvalue weighted by Gasteiger charge is -2.23. The number of nitrogens with zero attached hydrogens (tertiary/aromatic N) is 1. The molecule has 0 bridgehead atoms. The van der Waals surface area contributed by atoms with E-state index < -0.39 is 22.7 Å². The van der Waals surface area contributed by atoms with Crippen molar-refractivity contribution in [2.45, 2.75) is 30.3 Å². The molecule has 0 aliphatic carbocycles. The van der Waals surface area contributed by atoms with Gasteiger partial charge in [0.25, 0.3) is 0 Å². The highest BCUT2D eigenvalue weighted by Gasteiger charge is 2.37. The molecule has 0 aliphatic rings. The molecule has 21 heavy (non-hydrogen) atoms. The van der Waals surface area contributed by atoms with Gasteiger partial charge in [0.1, 0.15) is 6.54 Å². The second-order valence-corrected chi connectivity index (χ2v) is 7.38. The second-order valence-electron chi connectivity index (χ2n) is 4.35. The Hall–Kier alpha value is -0.310. The number of alkyl halides is 4. The summed E-state index contributed by atoms with van der Waals surface area (Å²) in [6.07, 6.45) is -4.32. The summed E-state index contributed by atoms with van der Waals surface area (Å²) in [5, 5.41) is 0. The second kappa shape index (κ2) is 7.30. The van der Waals surface area contributed by atoms with Crippen molar-refractivity contribution in [1.29, 1.82) is 0 Å². The fourth-order valence-corrected chi connectivity index (χ4v) is 4.36. The van der Waals surface area contributed by atoms with Gasteiger partial charge in [-0.25, -0.2) is 8.42 Å². The van der Waals surface area contributed by atoms with E-state index in [0.717, 1.165) is 0 Å². The summed E-state index contributed by atoms with van der Waals surface area (Å²) in [5.41, 5.74) is 0.516. The molecule has 0 aromatic heterocycles. The molecule has 9 heteroatoms. The van der Waals surface area contributed by atoms with E-state index in [4.69, 9.17) is 11.6 Å². The lowest BCUT2D eigenvalue weighted by molar-refractivity contribution is -0.136. The zero-order valence-electron chi connectivity index (χ0n) is 11.1. The van der Waals surface area contributed by atoms with E-state index in [1.54, 1.807) is 13.0 Å². The first kappa shape index (κ1) is 18.7. The van der Waals surface area contributed by atoms with Gasteiger partial charge in [-0.05, 0) is 40.0 Å². The minimum Gasteiger partial charge on any atom is -0.207 e. The summed E-state index contributed by atoms with van der Waals surface area (Å²) in [7, 11) is -4.25. The van der Waals surface area contributed by atoms with Gasteiger partial charge in [-0.3, -0.25) is 0 Å². The van der Waals surface area contributed by atoms with Crippen LogP contribution in [0.4, 0.5) is 13.2 Å². The van der Waals surface area contributed by atoms with Crippen LogP contribution >= 0.6 is 27.5 Å². The monoisotopic (exact) mass is 407 g/mol. The zero-order chi connectivity index (χ0) is 16.3. The molecule has 0 unspecified atom stereocenters. The van der Waals surface area contributed by atoms with E-state index in [1.807, 2.05) is 0 Å². The molecule has 0 radical (unpaired) electrons. The van der Waals surface area contributed by atoms with Crippen LogP contribution in [0.15, 0.2) is 27.6 Å². The molecule has 1 aromatic rings. The molecule has 0 amide bonds. The third kappa shape index (κ3) is 5.12. The lowest BCUT2D eigenvalue weighted by atomic mass is 10.2. The van der Waals surface area contributed by atoms with Crippen molar-refractivity contribution in [2.75, 3.05) is 13.1 Å². The standard InChI is InChI=1S/C12H14BrClF3NO2S/c1-2-5-18(8-12(15,16)17)21(19,20)11-6-9(7-14)3-4-10(11)13/h3-4,6H,2,5,7-8H2,1H3. The van der Waals surface area contributed by atoms with Gasteiger partial charge in [-0.2, -0.15) is 17.5 Å². The highest BCUT2D eigenvalue weighted by Crippen LogP contribution is 2.29. The van der Waals surface area contributed by atoms with Crippen molar-refractivity contribution in [3.63, 3.8) is 0 Å². The molecule has 0 spiro atoms. The minimum absolute atomic E-state index is 0.0723. The first-order chi connectivity index (χ1) is 9.61. The maximum atomic E-state index is 12.6. The molecule has 0 saturated carbocycles. The van der Waals surface area contributed by atoms with Crippen LogP contribution in [-0.2, 0) is 15.9 Å². The zero-order valence-corrected chi connectivity index (χ0v) is 14.3. The topological polar surface area (TPSA) is 37.4 Å². The third-order valence-corrected chi connectivity index (χ3v) is 5.74. The number of rotatable bonds is 6. The number of benzene rings is 1. The third-order valence-electron chi connectivity index (χ3n) is 2.60. The van der Waals surface area contributed by atoms with Crippen LogP contribution in [0.1, 0.15) is 18.9 Å². The molecule has 1 aromatic carbocycles. The van der Waals surface area contributed by atoms with Crippen LogP contribution < -0.4 is 0 Å². The minimum atomic E-state index is -4.60. The van der Waals surface area contributed by atoms with E-state index in [9.17, 15) is 21.6 Å². The lowest BCUT2D eigenvalue weighted by Crippen LogP contribution is -2.39. The number of halogens is 5. The van der Waals surface area contributed by atoms with Gasteiger partial charge in [0.05, 0.1) is 4.90 Å². The molecule has 120 valence electrons. The first-order valence-electron chi connectivity index (χ1n) is 6.03. The van der Waals surface area contributed by atoms with Gasteiger partial charge in [0.15, 0.2) is 0 Å². The van der Waals surface area contributed by atoms with Crippen molar-refractivity contribution >= 4 is 37.6 Å². The Morgan fingerprint density at radius 1 is 1.33 bits per heavy atom. The molecular weight excluding hydrogens is 395 g/mol. The molecule has 1 rings (SSSR count). The van der Waals surface area contributed by atoms with E-state index >= 15 is 0 Å². The van der Waals surface area contributed by atoms with Crippen molar-refractivity contribution in [2.24, 2.45) is 0 Å². The average molecular weight is 409 g/mol. The Kier molecular flexibility index (Phi) is 6.52. The largest absolute Gasteiger partial charge is 0.402 e. The fourth-order valence-electron chi connectivity index (χ4n) is 1.70. The van der Waals surface area contributed by atoms with Crippen LogP contribution in [0.2, 0.25) is 0 Å². The Morgan fingerprint density at radius 2 is 1.95 bits per heavy atom. The molecular formula is C12H14BrClF3NO2S. The van der Waals surface area contributed by atoms with Crippen LogP contribution in [0, 0.1) is 0 Å². The van der Waals surface area contributed by atoms with Gasteiger partial charge in [0.2, 0.25) is 10.0 Å². The molecule has 0 aliphatic heterocycles. The van der Waals surface area contributed by atoms with Crippen molar-refractivity contribution in [3.05, 3.63) is 28.2 Å². The van der Waals surface area contributed by atoms with Crippen molar-refractivity contribution < 1.29 is 21.6 Å². The highest BCUT2D eigenvalue weighted by molar-refractivity contribution is 9.10. The fraction of sp³-hybridized carbons (Fsp3) is 0.500. The van der Waals surface area contributed by atoms with Gasteiger partial charge in [-0.1, -0.05) is 13.0 Å². The summed E-state index contributed by atoms with van der Waals surface area (Å²) >= 11 is 8.71. The highest BCUT2D eigenvalue weighted by atomic mass is 79.9. The smallest absolute Gasteiger partial charge is 0.207 e. The Morgan fingerprint density at radius 3 is 2.43 bits per heavy atom. The maximum absolute atomic E-state index is 12.6. The molecule has 0 fully saturated rings. The molecule has 3 nitrogen and oxygen atoms in total. The molecule has 0 atom stereocenters. The summed E-state index contributed by atoms with van der Waals surface area (Å²) in [4.78, 5) is -0.210. The predicted octanol–water partition coefficient (Wildman–Crippen LogP) is 4.15. The summed E-state index contributed by atoms with van der Waals surface area (Å²) in [6, 6.07) is 4.35. The Labute approximate surface area is 135 Å². The SMILES string of the molecule is CCCN(CC(F)(F)F)S(=O)(=O)c1cc(CCl)ccc1Br. The normalized spacial score (nSPS) is 12.9. The Bertz CT molecular complexity index is 593. The van der Waals surface area contributed by atoms with Gasteiger partial charge < -0.3 is 0 Å². The molecule has 0 heterocycles.